The predicted molar refractivity (Wildman–Crippen MR) is 83.6 cm³/mol. The fourth-order valence-corrected chi connectivity index (χ4v) is 3.28. The minimum atomic E-state index is -3.86. The van der Waals surface area contributed by atoms with Crippen molar-refractivity contribution in [2.24, 2.45) is 0 Å². The van der Waals surface area contributed by atoms with E-state index in [0.29, 0.717) is 4.47 Å². The number of amides is 1. The third-order valence-corrected chi connectivity index (χ3v) is 4.67. The largest absolute Gasteiger partial charge is 0.349 e. The van der Waals surface area contributed by atoms with Crippen LogP contribution in [0.2, 0.25) is 0 Å². The van der Waals surface area contributed by atoms with E-state index >= 15 is 0 Å². The molecule has 1 rings (SSSR count). The first-order chi connectivity index (χ1) is 9.27. The first kappa shape index (κ1) is 17.5. The third-order valence-electron chi connectivity index (χ3n) is 2.88. The van der Waals surface area contributed by atoms with Gasteiger partial charge in [-0.25, -0.2) is 8.42 Å². The second kappa shape index (κ2) is 7.43. The summed E-state index contributed by atoms with van der Waals surface area (Å²) in [7, 11) is 1.45. The van der Waals surface area contributed by atoms with Crippen LogP contribution in [0, 0.1) is 0 Å². The van der Waals surface area contributed by atoms with Crippen LogP contribution in [-0.2, 0) is 9.05 Å². The van der Waals surface area contributed by atoms with E-state index in [1.54, 1.807) is 6.07 Å². The summed E-state index contributed by atoms with van der Waals surface area (Å²) >= 11 is 3.18. The molecule has 0 aliphatic rings. The minimum Gasteiger partial charge on any atom is -0.349 e. The van der Waals surface area contributed by atoms with Gasteiger partial charge in [-0.15, -0.1) is 0 Å². The molecule has 1 unspecified atom stereocenters. The molecule has 0 bridgehead atoms. The number of halogens is 2. The molecule has 0 radical (unpaired) electrons. The molecule has 0 heterocycles. The Hall–Kier alpha value is -0.590. The molecule has 4 nitrogen and oxygen atoms in total. The van der Waals surface area contributed by atoms with E-state index in [-0.39, 0.29) is 22.4 Å². The lowest BCUT2D eigenvalue weighted by molar-refractivity contribution is 0.0933. The standard InChI is InChI=1S/C13H17BrClNO3S/c1-3-5-11(4-2)16-13(17)9-6-10(14)8-12(7-9)20(15,18)19/h6-8,11H,3-5H2,1-2H3,(H,16,17). The Morgan fingerprint density at radius 3 is 2.50 bits per heavy atom. The van der Waals surface area contributed by atoms with E-state index < -0.39 is 9.05 Å². The zero-order valence-electron chi connectivity index (χ0n) is 11.3. The number of carbonyl (C=O) groups excluding carboxylic acids is 1. The molecule has 0 spiro atoms. The van der Waals surface area contributed by atoms with Crippen molar-refractivity contribution in [2.75, 3.05) is 0 Å². The number of nitrogens with one attached hydrogen (secondary N) is 1. The Bertz CT molecular complexity index is 589. The topological polar surface area (TPSA) is 63.2 Å². The molecule has 0 saturated carbocycles. The van der Waals surface area contributed by atoms with Crippen LogP contribution in [-0.4, -0.2) is 20.4 Å². The maximum Gasteiger partial charge on any atom is 0.261 e. The molecule has 0 saturated heterocycles. The third kappa shape index (κ3) is 5.07. The fraction of sp³-hybridized carbons (Fsp3) is 0.462. The number of rotatable bonds is 6. The fourth-order valence-electron chi connectivity index (χ4n) is 1.83. The minimum absolute atomic E-state index is 0.0857. The molecular formula is C13H17BrClNO3S. The highest BCUT2D eigenvalue weighted by Crippen LogP contribution is 2.22. The van der Waals surface area contributed by atoms with Crippen LogP contribution < -0.4 is 5.32 Å². The van der Waals surface area contributed by atoms with E-state index in [2.05, 4.69) is 21.2 Å². The summed E-state index contributed by atoms with van der Waals surface area (Å²) in [4.78, 5) is 12.1. The van der Waals surface area contributed by atoms with Crippen LogP contribution in [0.4, 0.5) is 0 Å². The predicted octanol–water partition coefficient (Wildman–Crippen LogP) is 3.69. The van der Waals surface area contributed by atoms with Crippen LogP contribution in [0.5, 0.6) is 0 Å². The Balaban J connectivity index is 3.02. The number of benzene rings is 1. The quantitative estimate of drug-likeness (QED) is 0.763. The molecule has 0 fully saturated rings. The van der Waals surface area contributed by atoms with Gasteiger partial charge in [0.05, 0.1) is 4.90 Å². The van der Waals surface area contributed by atoms with Crippen molar-refractivity contribution in [3.05, 3.63) is 28.2 Å². The maximum atomic E-state index is 12.2. The van der Waals surface area contributed by atoms with Crippen molar-refractivity contribution in [1.29, 1.82) is 0 Å². The SMILES string of the molecule is CCCC(CC)NC(=O)c1cc(Br)cc(S(=O)(=O)Cl)c1. The van der Waals surface area contributed by atoms with Crippen molar-refractivity contribution in [1.82, 2.24) is 5.32 Å². The number of carbonyl (C=O) groups is 1. The van der Waals surface area contributed by atoms with Gasteiger partial charge in [0.1, 0.15) is 0 Å². The molecule has 0 aliphatic carbocycles. The summed E-state index contributed by atoms with van der Waals surface area (Å²) in [6.07, 6.45) is 2.68. The van der Waals surface area contributed by atoms with Gasteiger partial charge < -0.3 is 5.32 Å². The normalized spacial score (nSPS) is 13.0. The summed E-state index contributed by atoms with van der Waals surface area (Å²) < 4.78 is 23.2. The van der Waals surface area contributed by atoms with Gasteiger partial charge in [0.2, 0.25) is 0 Å². The lowest BCUT2D eigenvalue weighted by Gasteiger charge is -2.16. The van der Waals surface area contributed by atoms with Crippen molar-refractivity contribution in [2.45, 2.75) is 44.0 Å². The summed E-state index contributed by atoms with van der Waals surface area (Å²) in [5.74, 6) is -0.298. The molecule has 7 heteroatoms. The molecule has 20 heavy (non-hydrogen) atoms. The smallest absolute Gasteiger partial charge is 0.261 e. The van der Waals surface area contributed by atoms with Gasteiger partial charge in [-0.3, -0.25) is 4.79 Å². The molecule has 0 aliphatic heterocycles. The van der Waals surface area contributed by atoms with Gasteiger partial charge in [0, 0.05) is 26.8 Å². The van der Waals surface area contributed by atoms with Crippen LogP contribution in [0.3, 0.4) is 0 Å². The second-order valence-electron chi connectivity index (χ2n) is 4.48. The summed E-state index contributed by atoms with van der Waals surface area (Å²) in [5.41, 5.74) is 0.271. The van der Waals surface area contributed by atoms with Crippen molar-refractivity contribution < 1.29 is 13.2 Å². The Morgan fingerprint density at radius 1 is 1.35 bits per heavy atom. The van der Waals surface area contributed by atoms with E-state index in [4.69, 9.17) is 10.7 Å². The van der Waals surface area contributed by atoms with E-state index in [9.17, 15) is 13.2 Å². The first-order valence-corrected chi connectivity index (χ1v) is 9.44. The Labute approximate surface area is 132 Å². The molecule has 1 aromatic carbocycles. The van der Waals surface area contributed by atoms with Crippen molar-refractivity contribution >= 4 is 41.6 Å². The Kier molecular flexibility index (Phi) is 6.48. The molecule has 1 amide bonds. The van der Waals surface area contributed by atoms with Gasteiger partial charge in [0.15, 0.2) is 0 Å². The van der Waals surface area contributed by atoms with Gasteiger partial charge in [-0.05, 0) is 31.0 Å². The van der Waals surface area contributed by atoms with Gasteiger partial charge >= 0.3 is 0 Å². The average Bonchev–Trinajstić information content (AvgIpc) is 2.36. The highest BCUT2D eigenvalue weighted by molar-refractivity contribution is 9.10. The van der Waals surface area contributed by atoms with Crippen molar-refractivity contribution in [3.8, 4) is 0 Å². The van der Waals surface area contributed by atoms with Crippen LogP contribution in [0.15, 0.2) is 27.6 Å². The lowest BCUT2D eigenvalue weighted by Crippen LogP contribution is -2.34. The van der Waals surface area contributed by atoms with E-state index in [0.717, 1.165) is 19.3 Å². The highest BCUT2D eigenvalue weighted by Gasteiger charge is 2.17. The first-order valence-electron chi connectivity index (χ1n) is 6.34. The van der Waals surface area contributed by atoms with E-state index in [1.165, 1.54) is 12.1 Å². The molecule has 112 valence electrons. The molecular weight excluding hydrogens is 366 g/mol. The van der Waals surface area contributed by atoms with Crippen LogP contribution >= 0.6 is 26.6 Å². The molecule has 1 atom stereocenters. The van der Waals surface area contributed by atoms with Gasteiger partial charge in [-0.1, -0.05) is 36.2 Å². The number of hydrogen-bond acceptors (Lipinski definition) is 3. The summed E-state index contributed by atoms with van der Waals surface area (Å²) in [6, 6.07) is 4.30. The van der Waals surface area contributed by atoms with E-state index in [1.807, 2.05) is 13.8 Å². The van der Waals surface area contributed by atoms with Crippen LogP contribution in [0.1, 0.15) is 43.5 Å². The molecule has 0 aromatic heterocycles. The summed E-state index contributed by atoms with van der Waals surface area (Å²) in [6.45, 7) is 4.04. The maximum absolute atomic E-state index is 12.2. The van der Waals surface area contributed by atoms with Crippen LogP contribution in [0.25, 0.3) is 0 Å². The Morgan fingerprint density at radius 2 is 2.00 bits per heavy atom. The molecule has 1 aromatic rings. The van der Waals surface area contributed by atoms with Gasteiger partial charge in [0.25, 0.3) is 15.0 Å². The number of hydrogen-bond donors (Lipinski definition) is 1. The summed E-state index contributed by atoms with van der Waals surface area (Å²) in [5, 5.41) is 2.89. The zero-order chi connectivity index (χ0) is 15.3. The van der Waals surface area contributed by atoms with Crippen molar-refractivity contribution in [3.63, 3.8) is 0 Å². The lowest BCUT2D eigenvalue weighted by atomic mass is 10.1. The second-order valence-corrected chi connectivity index (χ2v) is 7.96. The highest BCUT2D eigenvalue weighted by atomic mass is 79.9. The average molecular weight is 383 g/mol. The van der Waals surface area contributed by atoms with Gasteiger partial charge in [-0.2, -0.15) is 0 Å². The zero-order valence-corrected chi connectivity index (χ0v) is 14.5. The molecule has 1 N–H and O–H groups in total. The monoisotopic (exact) mass is 381 g/mol.